The monoisotopic (exact) mass is 469 g/mol. The number of rotatable bonds is 6. The van der Waals surface area contributed by atoms with E-state index in [1.807, 2.05) is 12.9 Å². The summed E-state index contributed by atoms with van der Waals surface area (Å²) in [5, 5.41) is 16.0. The molecular formula is C25H32FN5O3. The van der Waals surface area contributed by atoms with E-state index in [1.165, 1.54) is 12.5 Å². The largest absolute Gasteiger partial charge is 0.393 e. The molecule has 3 fully saturated rings. The van der Waals surface area contributed by atoms with Crippen LogP contribution < -0.4 is 15.5 Å². The number of hydrogen-bond acceptors (Lipinski definition) is 7. The van der Waals surface area contributed by atoms with Crippen LogP contribution in [0.4, 0.5) is 16.2 Å². The summed E-state index contributed by atoms with van der Waals surface area (Å²) in [4.78, 5) is 32.4. The van der Waals surface area contributed by atoms with Crippen molar-refractivity contribution in [3.05, 3.63) is 46.9 Å². The second-order valence-corrected chi connectivity index (χ2v) is 9.51. The van der Waals surface area contributed by atoms with Crippen LogP contribution in [0.5, 0.6) is 0 Å². The van der Waals surface area contributed by atoms with Gasteiger partial charge in [-0.1, -0.05) is 12.1 Å². The van der Waals surface area contributed by atoms with Crippen LogP contribution in [0.15, 0.2) is 24.4 Å². The summed E-state index contributed by atoms with van der Waals surface area (Å²) in [6.07, 6.45) is 5.52. The molecule has 2 aliphatic carbocycles. The maximum absolute atomic E-state index is 14.0. The van der Waals surface area contributed by atoms with Crippen LogP contribution in [0.3, 0.4) is 0 Å². The van der Waals surface area contributed by atoms with Crippen molar-refractivity contribution in [1.29, 1.82) is 0 Å². The second kappa shape index (κ2) is 10.5. The number of fused-ring (bicyclic) bond motifs is 1. The Bertz CT molecular complexity index is 1020. The second-order valence-electron chi connectivity index (χ2n) is 9.51. The molecule has 2 saturated carbocycles. The van der Waals surface area contributed by atoms with Crippen LogP contribution in [-0.4, -0.2) is 53.0 Å². The number of aliphatic hydroxyl groups is 1. The van der Waals surface area contributed by atoms with Gasteiger partial charge in [0.1, 0.15) is 24.0 Å². The number of piperidine rings is 1. The van der Waals surface area contributed by atoms with E-state index in [9.17, 15) is 14.3 Å². The molecule has 182 valence electrons. The number of nitrogens with zero attached hydrogens (tertiary/aromatic N) is 3. The van der Waals surface area contributed by atoms with Gasteiger partial charge in [0.05, 0.1) is 6.10 Å². The smallest absolute Gasteiger partial charge is 0.256 e. The predicted molar refractivity (Wildman–Crippen MR) is 127 cm³/mol. The predicted octanol–water partition coefficient (Wildman–Crippen LogP) is 2.84. The molecule has 2 heterocycles. The maximum Gasteiger partial charge on any atom is 0.256 e. The molecule has 0 bridgehead atoms. The first-order valence-corrected chi connectivity index (χ1v) is 11.8. The summed E-state index contributed by atoms with van der Waals surface area (Å²) < 4.78 is 14.0. The number of aryl methyl sites for hydroxylation is 1. The molecule has 0 spiro atoms. The highest BCUT2D eigenvalue weighted by Gasteiger charge is 2.46. The summed E-state index contributed by atoms with van der Waals surface area (Å²) >= 11 is 0. The van der Waals surface area contributed by atoms with Crippen molar-refractivity contribution in [3.8, 4) is 0 Å². The molecule has 2 unspecified atom stereocenters. The van der Waals surface area contributed by atoms with Gasteiger partial charge in [0.25, 0.3) is 5.91 Å². The van der Waals surface area contributed by atoms with E-state index in [4.69, 9.17) is 9.78 Å². The molecule has 8 nitrogen and oxygen atoms in total. The number of halogens is 1. The van der Waals surface area contributed by atoms with Crippen molar-refractivity contribution >= 4 is 24.5 Å². The molecule has 9 heteroatoms. The number of aliphatic hydroxyl groups excluding tert-OH is 1. The van der Waals surface area contributed by atoms with Crippen LogP contribution in [0.1, 0.15) is 53.6 Å². The molecule has 2 atom stereocenters. The highest BCUT2D eigenvalue weighted by Crippen LogP contribution is 2.45. The van der Waals surface area contributed by atoms with Gasteiger partial charge in [-0.25, -0.2) is 9.37 Å². The van der Waals surface area contributed by atoms with Gasteiger partial charge in [-0.2, -0.15) is 4.98 Å². The molecule has 1 aromatic carbocycles. The number of amides is 1. The summed E-state index contributed by atoms with van der Waals surface area (Å²) in [6.45, 7) is 6.01. The highest BCUT2D eigenvalue weighted by molar-refractivity contribution is 5.98. The van der Waals surface area contributed by atoms with Gasteiger partial charge in [-0.05, 0) is 68.1 Å². The molecule has 3 N–H and O–H groups in total. The van der Waals surface area contributed by atoms with Gasteiger partial charge in [0.2, 0.25) is 5.95 Å². The molecule has 1 aliphatic heterocycles. The number of hydrogen-bond donors (Lipinski definition) is 3. The molecule has 1 amide bonds. The summed E-state index contributed by atoms with van der Waals surface area (Å²) in [5.74, 6) is 2.11. The third-order valence-corrected chi connectivity index (χ3v) is 7.01. The minimum absolute atomic E-state index is 0.0373. The molecule has 5 rings (SSSR count). The average Bonchev–Trinajstić information content (AvgIpc) is 3.47. The molecule has 2 aromatic rings. The zero-order valence-corrected chi connectivity index (χ0v) is 19.5. The summed E-state index contributed by atoms with van der Waals surface area (Å²) in [7, 11) is 0. The molecule has 1 saturated heterocycles. The van der Waals surface area contributed by atoms with Crippen molar-refractivity contribution in [2.75, 3.05) is 23.3 Å². The Labute approximate surface area is 199 Å². The number of carbonyl (C=O) groups is 2. The van der Waals surface area contributed by atoms with Crippen molar-refractivity contribution in [2.45, 2.75) is 57.7 Å². The van der Waals surface area contributed by atoms with E-state index in [2.05, 4.69) is 20.5 Å². The fourth-order valence-electron chi connectivity index (χ4n) is 4.80. The van der Waals surface area contributed by atoms with Crippen molar-refractivity contribution in [2.24, 2.45) is 11.8 Å². The van der Waals surface area contributed by atoms with Gasteiger partial charge < -0.3 is 25.4 Å². The minimum atomic E-state index is -0.274. The Morgan fingerprint density at radius 1 is 1.21 bits per heavy atom. The first kappa shape index (κ1) is 24.1. The standard InChI is InChI=1S/C24H30FN5O2.CH2O/c1-14-2-3-15(8-21(14)25)10-26-22-20(23(32)28-18-4-6-19(31)7-5-18)11-27-24(29-22)30-12-16-9-17(16)13-30;1-2/h2-3,8,11,16-19,31H,4-7,9-10,12-13H2,1H3,(H,28,32)(H,26,27,29);1H2. The third-order valence-electron chi connectivity index (χ3n) is 7.01. The van der Waals surface area contributed by atoms with E-state index < -0.39 is 0 Å². The Kier molecular flexibility index (Phi) is 7.41. The van der Waals surface area contributed by atoms with Crippen LogP contribution in [0, 0.1) is 24.6 Å². The Hall–Kier alpha value is -3.07. The van der Waals surface area contributed by atoms with Crippen LogP contribution >= 0.6 is 0 Å². The lowest BCUT2D eigenvalue weighted by Crippen LogP contribution is -2.39. The molecule has 3 aliphatic rings. The zero-order chi connectivity index (χ0) is 24.2. The van der Waals surface area contributed by atoms with Gasteiger partial charge in [0, 0.05) is 31.9 Å². The van der Waals surface area contributed by atoms with E-state index in [0.29, 0.717) is 42.3 Å². The van der Waals surface area contributed by atoms with Crippen LogP contribution in [0.2, 0.25) is 0 Å². The average molecular weight is 470 g/mol. The quantitative estimate of drug-likeness (QED) is 0.597. The van der Waals surface area contributed by atoms with Gasteiger partial charge in [-0.3, -0.25) is 4.79 Å². The topological polar surface area (TPSA) is 107 Å². The number of anilines is 2. The van der Waals surface area contributed by atoms with Crippen molar-refractivity contribution in [3.63, 3.8) is 0 Å². The first-order chi connectivity index (χ1) is 16.5. The number of nitrogens with one attached hydrogen (secondary N) is 2. The Morgan fingerprint density at radius 2 is 1.91 bits per heavy atom. The summed E-state index contributed by atoms with van der Waals surface area (Å²) in [5.41, 5.74) is 1.77. The van der Waals surface area contributed by atoms with E-state index in [0.717, 1.165) is 43.3 Å². The fraction of sp³-hybridized carbons (Fsp3) is 0.520. The SMILES string of the molecule is C=O.Cc1ccc(CNc2nc(N3CC4CC4C3)ncc2C(=O)NC2CCC(O)CC2)cc1F. The molecule has 0 radical (unpaired) electrons. The highest BCUT2D eigenvalue weighted by atomic mass is 19.1. The number of aromatic nitrogens is 2. The van der Waals surface area contributed by atoms with E-state index >= 15 is 0 Å². The van der Waals surface area contributed by atoms with Crippen molar-refractivity contribution in [1.82, 2.24) is 15.3 Å². The zero-order valence-electron chi connectivity index (χ0n) is 19.5. The summed E-state index contributed by atoms with van der Waals surface area (Å²) in [6, 6.07) is 5.16. The first-order valence-electron chi connectivity index (χ1n) is 11.8. The lowest BCUT2D eigenvalue weighted by atomic mass is 9.93. The third kappa shape index (κ3) is 5.52. The fourth-order valence-corrected chi connectivity index (χ4v) is 4.80. The molecule has 34 heavy (non-hydrogen) atoms. The number of carbonyl (C=O) groups excluding carboxylic acids is 2. The van der Waals surface area contributed by atoms with E-state index in [-0.39, 0.29) is 23.9 Å². The van der Waals surface area contributed by atoms with Crippen LogP contribution in [-0.2, 0) is 11.3 Å². The molecule has 1 aromatic heterocycles. The van der Waals surface area contributed by atoms with Gasteiger partial charge in [-0.15, -0.1) is 0 Å². The molecular weight excluding hydrogens is 437 g/mol. The van der Waals surface area contributed by atoms with Crippen LogP contribution in [0.25, 0.3) is 0 Å². The lowest BCUT2D eigenvalue weighted by Gasteiger charge is -2.26. The lowest BCUT2D eigenvalue weighted by molar-refractivity contribution is -0.0980. The van der Waals surface area contributed by atoms with E-state index in [1.54, 1.807) is 19.2 Å². The van der Waals surface area contributed by atoms with Gasteiger partial charge >= 0.3 is 0 Å². The minimum Gasteiger partial charge on any atom is -0.393 e. The Morgan fingerprint density at radius 3 is 2.59 bits per heavy atom. The number of benzene rings is 1. The maximum atomic E-state index is 14.0. The normalized spacial score (nSPS) is 25.1. The van der Waals surface area contributed by atoms with Crippen molar-refractivity contribution < 1.29 is 19.1 Å². The van der Waals surface area contributed by atoms with Gasteiger partial charge in [0.15, 0.2) is 0 Å². The Balaban J connectivity index is 0.00000133.